The van der Waals surface area contributed by atoms with Gasteiger partial charge in [-0.25, -0.2) is 26.3 Å². The van der Waals surface area contributed by atoms with E-state index in [2.05, 4.69) is 19.8 Å². The molecule has 2 N–H and O–H groups in total. The first-order chi connectivity index (χ1) is 22.2. The molecule has 46 heavy (non-hydrogen) atoms. The lowest BCUT2D eigenvalue weighted by Crippen LogP contribution is -2.34. The molecule has 1 aromatic heterocycles. The van der Waals surface area contributed by atoms with Gasteiger partial charge in [-0.2, -0.15) is 5.10 Å². The van der Waals surface area contributed by atoms with E-state index in [1.807, 2.05) is 26.0 Å². The maximum Gasteiger partial charge on any atom is 0.240 e. The fourth-order valence-corrected chi connectivity index (χ4v) is 5.29. The van der Waals surface area contributed by atoms with Crippen LogP contribution in [0, 0.1) is 17.5 Å². The Labute approximate surface area is 266 Å². The van der Waals surface area contributed by atoms with Gasteiger partial charge in [0.05, 0.1) is 16.7 Å². The lowest BCUT2D eigenvalue weighted by atomic mass is 10.1. The number of aromatic amines is 1. The van der Waals surface area contributed by atoms with Gasteiger partial charge < -0.3 is 14.4 Å². The van der Waals surface area contributed by atoms with Crippen LogP contribution in [0.25, 0.3) is 11.1 Å². The van der Waals surface area contributed by atoms with Crippen LogP contribution in [0.1, 0.15) is 19.4 Å². The molecule has 242 valence electrons. The second-order valence-electron chi connectivity index (χ2n) is 9.95. The molecule has 0 aliphatic rings. The topological polar surface area (TPSA) is 96.6 Å². The summed E-state index contributed by atoms with van der Waals surface area (Å²) in [5.41, 5.74) is 1.87. The summed E-state index contributed by atoms with van der Waals surface area (Å²) < 4.78 is 78.0. The monoisotopic (exact) mass is 652 g/mol. The number of nitrogens with one attached hydrogen (secondary N) is 2. The Hall–Kier alpha value is -4.65. The first kappa shape index (κ1) is 34.2. The zero-order chi connectivity index (χ0) is 32.9. The summed E-state index contributed by atoms with van der Waals surface area (Å²) in [5, 5.41) is 6.61. The number of hydrogen-bond donors (Lipinski definition) is 2. The van der Waals surface area contributed by atoms with Gasteiger partial charge in [-0.15, -0.1) is 0 Å². The van der Waals surface area contributed by atoms with Gasteiger partial charge in [0.1, 0.15) is 41.3 Å². The molecule has 5 aromatic rings. The largest absolute Gasteiger partial charge is 0.489 e. The van der Waals surface area contributed by atoms with Gasteiger partial charge in [0.2, 0.25) is 10.0 Å². The number of benzene rings is 4. The number of sulfonamides is 1. The second kappa shape index (κ2) is 16.6. The van der Waals surface area contributed by atoms with Crippen molar-refractivity contribution in [1.82, 2.24) is 19.8 Å². The van der Waals surface area contributed by atoms with E-state index < -0.39 is 21.7 Å². The number of halogens is 3. The predicted molar refractivity (Wildman–Crippen MR) is 171 cm³/mol. The van der Waals surface area contributed by atoms with Crippen molar-refractivity contribution in [3.8, 4) is 28.4 Å². The summed E-state index contributed by atoms with van der Waals surface area (Å²) >= 11 is 0. The van der Waals surface area contributed by atoms with Crippen LogP contribution in [0.5, 0.6) is 17.2 Å². The Balaban J connectivity index is 0.000000211. The van der Waals surface area contributed by atoms with Crippen molar-refractivity contribution < 1.29 is 31.1 Å². The van der Waals surface area contributed by atoms with E-state index >= 15 is 0 Å². The molecule has 0 bridgehead atoms. The van der Waals surface area contributed by atoms with Crippen molar-refractivity contribution in [3.63, 3.8) is 0 Å². The first-order valence-corrected chi connectivity index (χ1v) is 16.1. The molecule has 1 heterocycles. The molecule has 8 nitrogen and oxygen atoms in total. The standard InChI is InChI=1S/C18H23FN2O3S.C16H12F2N2O/c1-3-21(4-2)14-13-20-25(22,23)18-11-9-17(10-12-18)24-16-7-5-15(19)6-8-16;17-15-2-1-3-16(18)14(15)10-21-13-6-4-11(5-7-13)12-8-19-20-9-12/h5-12,20H,3-4,13-14H2,1-2H3;1-9H,10H2,(H,19,20). The van der Waals surface area contributed by atoms with E-state index in [0.717, 1.165) is 24.2 Å². The minimum absolute atomic E-state index is 0.0728. The van der Waals surface area contributed by atoms with E-state index in [9.17, 15) is 21.6 Å². The van der Waals surface area contributed by atoms with Gasteiger partial charge in [-0.1, -0.05) is 32.0 Å². The highest BCUT2D eigenvalue weighted by Crippen LogP contribution is 2.24. The van der Waals surface area contributed by atoms with E-state index in [1.54, 1.807) is 36.7 Å². The number of likely N-dealkylation sites (N-methyl/N-ethyl adjacent to an activating group) is 1. The molecule has 0 aliphatic heterocycles. The van der Waals surface area contributed by atoms with Crippen LogP contribution in [0.2, 0.25) is 0 Å². The second-order valence-corrected chi connectivity index (χ2v) is 11.7. The molecule has 0 radical (unpaired) electrons. The van der Waals surface area contributed by atoms with Crippen LogP contribution in [0.15, 0.2) is 108 Å². The summed E-state index contributed by atoms with van der Waals surface area (Å²) in [5.74, 6) is -0.0486. The molecule has 5 rings (SSSR count). The van der Waals surface area contributed by atoms with Gasteiger partial charge in [0, 0.05) is 24.8 Å². The molecule has 0 aliphatic carbocycles. The minimum Gasteiger partial charge on any atom is -0.489 e. The summed E-state index contributed by atoms with van der Waals surface area (Å²) in [7, 11) is -3.55. The lowest BCUT2D eigenvalue weighted by Gasteiger charge is -2.18. The Morgan fingerprint density at radius 3 is 1.93 bits per heavy atom. The highest BCUT2D eigenvalue weighted by molar-refractivity contribution is 7.89. The fourth-order valence-electron chi connectivity index (χ4n) is 4.26. The van der Waals surface area contributed by atoms with Gasteiger partial charge in [0.25, 0.3) is 0 Å². The molecule has 0 atom stereocenters. The van der Waals surface area contributed by atoms with Gasteiger partial charge >= 0.3 is 0 Å². The molecule has 4 aromatic carbocycles. The van der Waals surface area contributed by atoms with E-state index in [0.29, 0.717) is 30.3 Å². The maximum atomic E-state index is 13.5. The summed E-state index contributed by atoms with van der Waals surface area (Å²) in [6, 6.07) is 22.7. The third-order valence-electron chi connectivity index (χ3n) is 6.93. The van der Waals surface area contributed by atoms with Crippen molar-refractivity contribution >= 4 is 10.0 Å². The zero-order valence-electron chi connectivity index (χ0n) is 25.4. The molecule has 12 heteroatoms. The average molecular weight is 653 g/mol. The molecule has 0 spiro atoms. The Kier molecular flexibility index (Phi) is 12.4. The molecule has 0 fully saturated rings. The molecule has 0 saturated carbocycles. The summed E-state index contributed by atoms with van der Waals surface area (Å²) in [6.45, 7) is 6.72. The average Bonchev–Trinajstić information content (AvgIpc) is 3.60. The molecule has 0 unspecified atom stereocenters. The van der Waals surface area contributed by atoms with E-state index in [-0.39, 0.29) is 22.9 Å². The van der Waals surface area contributed by atoms with Crippen LogP contribution in [-0.2, 0) is 16.6 Å². The maximum absolute atomic E-state index is 13.5. The lowest BCUT2D eigenvalue weighted by molar-refractivity contribution is 0.292. The Morgan fingerprint density at radius 2 is 1.37 bits per heavy atom. The van der Waals surface area contributed by atoms with Crippen molar-refractivity contribution in [1.29, 1.82) is 0 Å². The van der Waals surface area contributed by atoms with Crippen molar-refractivity contribution in [2.75, 3.05) is 26.2 Å². The quantitative estimate of drug-likeness (QED) is 0.140. The van der Waals surface area contributed by atoms with Gasteiger partial charge in [-0.05, 0) is 91.4 Å². The molecular weight excluding hydrogens is 617 g/mol. The first-order valence-electron chi connectivity index (χ1n) is 14.6. The third-order valence-corrected chi connectivity index (χ3v) is 8.41. The van der Waals surface area contributed by atoms with Crippen molar-refractivity contribution in [2.24, 2.45) is 0 Å². The van der Waals surface area contributed by atoms with Crippen LogP contribution in [-0.4, -0.2) is 49.7 Å². The van der Waals surface area contributed by atoms with Crippen LogP contribution in [0.3, 0.4) is 0 Å². The smallest absolute Gasteiger partial charge is 0.240 e. The normalized spacial score (nSPS) is 11.2. The number of H-pyrrole nitrogens is 1. The number of rotatable bonds is 13. The fraction of sp³-hybridized carbons (Fsp3) is 0.206. The van der Waals surface area contributed by atoms with Crippen LogP contribution < -0.4 is 14.2 Å². The zero-order valence-corrected chi connectivity index (χ0v) is 26.2. The minimum atomic E-state index is -3.55. The van der Waals surface area contributed by atoms with Gasteiger partial charge in [0.15, 0.2) is 0 Å². The number of aromatic nitrogens is 2. The van der Waals surface area contributed by atoms with Crippen LogP contribution in [0.4, 0.5) is 13.2 Å². The third kappa shape index (κ3) is 9.93. The Morgan fingerprint density at radius 1 is 0.783 bits per heavy atom. The SMILES string of the molecule is CCN(CC)CCNS(=O)(=O)c1ccc(Oc2ccc(F)cc2)cc1.Fc1cccc(F)c1COc1ccc(-c2cn[nH]c2)cc1. The van der Waals surface area contributed by atoms with Crippen LogP contribution >= 0.6 is 0 Å². The van der Waals surface area contributed by atoms with E-state index in [4.69, 9.17) is 9.47 Å². The van der Waals surface area contributed by atoms with Crippen molar-refractivity contribution in [3.05, 3.63) is 126 Å². The number of nitrogens with zero attached hydrogens (tertiary/aromatic N) is 2. The van der Waals surface area contributed by atoms with Gasteiger partial charge in [-0.3, -0.25) is 5.10 Å². The number of hydrogen-bond acceptors (Lipinski definition) is 6. The molecule has 0 amide bonds. The molecular formula is C34H35F3N4O4S. The Bertz CT molecular complexity index is 1730. The highest BCUT2D eigenvalue weighted by Gasteiger charge is 2.14. The highest BCUT2D eigenvalue weighted by atomic mass is 32.2. The number of ether oxygens (including phenoxy) is 2. The van der Waals surface area contributed by atoms with Crippen molar-refractivity contribution in [2.45, 2.75) is 25.3 Å². The molecule has 0 saturated heterocycles. The predicted octanol–water partition coefficient (Wildman–Crippen LogP) is 7.17. The van der Waals surface area contributed by atoms with E-state index in [1.165, 1.54) is 54.6 Å². The summed E-state index contributed by atoms with van der Waals surface area (Å²) in [4.78, 5) is 2.32. The summed E-state index contributed by atoms with van der Waals surface area (Å²) in [6.07, 6.45) is 3.50.